The summed E-state index contributed by atoms with van der Waals surface area (Å²) in [5, 5.41) is 0. The number of hydrogen-bond acceptors (Lipinski definition) is 1. The van der Waals surface area contributed by atoms with Gasteiger partial charge in [0.15, 0.2) is 0 Å². The van der Waals surface area contributed by atoms with Crippen LogP contribution in [-0.2, 0) is 4.57 Å². The van der Waals surface area contributed by atoms with Gasteiger partial charge in [-0.2, -0.15) is 0 Å². The fraction of sp³-hybridized carbons (Fsp3) is 1.00. The molecule has 0 atom stereocenters. The summed E-state index contributed by atoms with van der Waals surface area (Å²) < 4.78 is 9.33. The molecule has 0 aliphatic carbocycles. The molecule has 0 heterocycles. The van der Waals surface area contributed by atoms with E-state index in [2.05, 4.69) is 0 Å². The summed E-state index contributed by atoms with van der Waals surface area (Å²) >= 11 is 0. The second-order valence-corrected chi connectivity index (χ2v) is 2.51. The zero-order valence-corrected chi connectivity index (χ0v) is 4.64. The van der Waals surface area contributed by atoms with Gasteiger partial charge in [0.2, 0.25) is 0 Å². The Labute approximate surface area is 49.6 Å². The minimum Gasteiger partial charge on any atom is -1.00 e. The van der Waals surface area contributed by atoms with Gasteiger partial charge in [-0.25, -0.2) is 0 Å². The van der Waals surface area contributed by atoms with E-state index in [9.17, 15) is 4.57 Å². The average Bonchev–Trinajstić information content (AvgIpc) is 0.722. The van der Waals surface area contributed by atoms with Crippen LogP contribution in [0.3, 0.4) is 0 Å². The molecule has 0 aliphatic rings. The van der Waals surface area contributed by atoms with Crippen LogP contribution in [0.15, 0.2) is 0 Å². The van der Waals surface area contributed by atoms with Gasteiger partial charge >= 0.3 is 26.5 Å². The first kappa shape index (κ1) is 9.89. The van der Waals surface area contributed by atoms with Crippen molar-refractivity contribution in [3.05, 3.63) is 0 Å². The molecule has 0 radical (unpaired) electrons. The van der Waals surface area contributed by atoms with Crippen molar-refractivity contribution in [2.75, 3.05) is 6.66 Å². The van der Waals surface area contributed by atoms with Gasteiger partial charge in [-0.15, -0.1) is 0 Å². The monoisotopic (exact) mass is 104 g/mol. The maximum absolute atomic E-state index is 9.33. The Morgan fingerprint density at radius 2 is 1.67 bits per heavy atom. The van der Waals surface area contributed by atoms with Crippen molar-refractivity contribution in [1.82, 2.24) is 0 Å². The summed E-state index contributed by atoms with van der Waals surface area (Å²) in [6, 6.07) is 0. The van der Waals surface area contributed by atoms with Crippen LogP contribution in [0.25, 0.3) is 0 Å². The van der Waals surface area contributed by atoms with Crippen LogP contribution in [0.2, 0.25) is 0 Å². The maximum atomic E-state index is 9.33. The van der Waals surface area contributed by atoms with Gasteiger partial charge in [0, 0.05) is 6.66 Å². The van der Waals surface area contributed by atoms with Crippen molar-refractivity contribution >= 4 is 7.60 Å². The third-order valence-electron chi connectivity index (χ3n) is 0. The largest absolute Gasteiger partial charge is 1.00 e. The van der Waals surface area contributed by atoms with E-state index >= 15 is 0 Å². The summed E-state index contributed by atoms with van der Waals surface area (Å²) in [6.07, 6.45) is 0. The Morgan fingerprint density at radius 1 is 1.67 bits per heavy atom. The summed E-state index contributed by atoms with van der Waals surface area (Å²) in [4.78, 5) is 15.3. The first-order valence-corrected chi connectivity index (χ1v) is 3.09. The molecule has 0 fully saturated rings. The first-order valence-electron chi connectivity index (χ1n) is 1.03. The molecule has 0 aliphatic heterocycles. The van der Waals surface area contributed by atoms with Crippen molar-refractivity contribution in [1.29, 1.82) is 0 Å². The normalized spacial score (nSPS) is 9.83. The second-order valence-electron chi connectivity index (χ2n) is 0.835. The maximum Gasteiger partial charge on any atom is 1.00 e. The molecule has 0 unspecified atom stereocenters. The molecule has 2 N–H and O–H groups in total. The molecular formula is CH6LiO3P. The smallest absolute Gasteiger partial charge is 1.00 e. The Balaban J connectivity index is -0.0000000800. The van der Waals surface area contributed by atoms with E-state index < -0.39 is 7.60 Å². The van der Waals surface area contributed by atoms with Gasteiger partial charge in [0.1, 0.15) is 0 Å². The Kier molecular flexibility index (Phi) is 4.69. The molecule has 34 valence electrons. The van der Waals surface area contributed by atoms with Crippen LogP contribution in [-0.4, -0.2) is 16.5 Å². The summed E-state index contributed by atoms with van der Waals surface area (Å²) in [6.45, 7) is 0.854. The number of rotatable bonds is 0. The van der Waals surface area contributed by atoms with Crippen molar-refractivity contribution in [2.45, 2.75) is 0 Å². The second kappa shape index (κ2) is 2.85. The van der Waals surface area contributed by atoms with Gasteiger partial charge in [0.05, 0.1) is 0 Å². The predicted molar refractivity (Wildman–Crippen MR) is 19.1 cm³/mol. The van der Waals surface area contributed by atoms with Crippen LogP contribution in [0, 0.1) is 0 Å². The Bertz CT molecular complexity index is 61.1. The summed E-state index contributed by atoms with van der Waals surface area (Å²) in [7, 11) is -3.64. The Morgan fingerprint density at radius 3 is 1.67 bits per heavy atom. The van der Waals surface area contributed by atoms with Crippen LogP contribution < -0.4 is 18.9 Å². The minimum atomic E-state index is -3.64. The molecule has 0 bridgehead atoms. The van der Waals surface area contributed by atoms with E-state index in [1.54, 1.807) is 0 Å². The van der Waals surface area contributed by atoms with E-state index in [4.69, 9.17) is 9.79 Å². The SMILES string of the molecule is CP(=O)(O)O.[H-].[Li+]. The number of hydrogen-bond donors (Lipinski definition) is 2. The topological polar surface area (TPSA) is 57.5 Å². The van der Waals surface area contributed by atoms with Crippen LogP contribution in [0.4, 0.5) is 0 Å². The van der Waals surface area contributed by atoms with E-state index in [0.29, 0.717) is 0 Å². The molecule has 0 amide bonds. The van der Waals surface area contributed by atoms with Gasteiger partial charge in [-0.05, 0) is 0 Å². The Hall–Kier alpha value is 0.747. The van der Waals surface area contributed by atoms with Crippen LogP contribution in [0.1, 0.15) is 1.43 Å². The van der Waals surface area contributed by atoms with Gasteiger partial charge in [-0.3, -0.25) is 4.57 Å². The fourth-order valence-corrected chi connectivity index (χ4v) is 0. The summed E-state index contributed by atoms with van der Waals surface area (Å²) in [5.74, 6) is 0. The fourth-order valence-electron chi connectivity index (χ4n) is 0. The first-order chi connectivity index (χ1) is 2.00. The molecule has 0 rings (SSSR count). The molecule has 0 aromatic carbocycles. The van der Waals surface area contributed by atoms with E-state index in [-0.39, 0.29) is 20.3 Å². The molecule has 6 heavy (non-hydrogen) atoms. The molecular weight excluding hydrogens is 97.9 g/mol. The molecule has 5 heteroatoms. The van der Waals surface area contributed by atoms with Crippen molar-refractivity contribution < 1.29 is 34.6 Å². The van der Waals surface area contributed by atoms with Gasteiger partial charge < -0.3 is 11.2 Å². The molecule has 0 aromatic heterocycles. The molecule has 0 saturated carbocycles. The van der Waals surface area contributed by atoms with Gasteiger partial charge in [-0.1, -0.05) is 0 Å². The summed E-state index contributed by atoms with van der Waals surface area (Å²) in [5.41, 5.74) is 0. The van der Waals surface area contributed by atoms with E-state index in [1.807, 2.05) is 0 Å². The standard InChI is InChI=1S/CH5O3P.Li.H/c1-5(2,3)4;;/h1H3,(H2,2,3,4);;/q;+1;-1. The molecule has 3 nitrogen and oxygen atoms in total. The van der Waals surface area contributed by atoms with Crippen molar-refractivity contribution in [3.8, 4) is 0 Å². The average molecular weight is 104 g/mol. The molecule has 0 aromatic rings. The van der Waals surface area contributed by atoms with Crippen molar-refractivity contribution in [3.63, 3.8) is 0 Å². The van der Waals surface area contributed by atoms with E-state index in [0.717, 1.165) is 6.66 Å². The van der Waals surface area contributed by atoms with Crippen molar-refractivity contribution in [2.24, 2.45) is 0 Å². The van der Waals surface area contributed by atoms with E-state index in [1.165, 1.54) is 0 Å². The zero-order chi connectivity index (χ0) is 4.50. The third-order valence-corrected chi connectivity index (χ3v) is 0. The van der Waals surface area contributed by atoms with Gasteiger partial charge in [0.25, 0.3) is 0 Å². The van der Waals surface area contributed by atoms with Crippen LogP contribution >= 0.6 is 7.60 Å². The minimum absolute atomic E-state index is 0. The molecule has 0 saturated heterocycles. The third kappa shape index (κ3) is 119. The molecule has 0 spiro atoms. The van der Waals surface area contributed by atoms with Crippen LogP contribution in [0.5, 0.6) is 0 Å². The predicted octanol–water partition coefficient (Wildman–Crippen LogP) is -3.09. The quantitative estimate of drug-likeness (QED) is 0.253. The zero-order valence-electron chi connectivity index (χ0n) is 4.75.